The Kier molecular flexibility index (Phi) is 6.99. The minimum Gasteiger partial charge on any atom is -0.492 e. The van der Waals surface area contributed by atoms with Crippen molar-refractivity contribution in [2.75, 3.05) is 16.6 Å². The summed E-state index contributed by atoms with van der Waals surface area (Å²) in [5.41, 5.74) is 2.62. The van der Waals surface area contributed by atoms with Crippen molar-refractivity contribution in [3.63, 3.8) is 0 Å². The number of carbonyl (C=O) groups excluding carboxylic acids is 1. The van der Waals surface area contributed by atoms with Crippen LogP contribution in [0, 0.1) is 13.8 Å². The van der Waals surface area contributed by atoms with Gasteiger partial charge in [-0.1, -0.05) is 35.5 Å². The van der Waals surface area contributed by atoms with E-state index >= 15 is 0 Å². The van der Waals surface area contributed by atoms with E-state index < -0.39 is 10.0 Å². The number of carbonyl (C=O) groups is 1. The lowest BCUT2D eigenvalue weighted by Crippen LogP contribution is -2.15. The zero-order valence-electron chi connectivity index (χ0n) is 18.3. The maximum atomic E-state index is 13.1. The predicted octanol–water partition coefficient (Wildman–Crippen LogP) is 4.62. The average molecular weight is 456 g/mol. The molecule has 168 valence electrons. The third-order valence-corrected chi connectivity index (χ3v) is 6.06. The molecule has 0 bridgehead atoms. The van der Waals surface area contributed by atoms with Gasteiger partial charge >= 0.3 is 0 Å². The first-order valence-corrected chi connectivity index (χ1v) is 11.5. The second-order valence-electron chi connectivity index (χ2n) is 7.08. The van der Waals surface area contributed by atoms with Gasteiger partial charge in [0.25, 0.3) is 10.0 Å². The Hall–Kier alpha value is -3.59. The number of sulfonamides is 1. The van der Waals surface area contributed by atoms with Crippen LogP contribution in [0.3, 0.4) is 0 Å². The molecule has 1 aromatic heterocycles. The van der Waals surface area contributed by atoms with Crippen LogP contribution >= 0.6 is 0 Å². The van der Waals surface area contributed by atoms with E-state index in [1.165, 1.54) is 6.92 Å². The summed E-state index contributed by atoms with van der Waals surface area (Å²) in [7, 11) is -3.87. The van der Waals surface area contributed by atoms with E-state index in [-0.39, 0.29) is 10.8 Å². The minimum atomic E-state index is -3.87. The lowest BCUT2D eigenvalue weighted by molar-refractivity contribution is -0.114. The Bertz CT molecular complexity index is 1260. The highest BCUT2D eigenvalue weighted by Crippen LogP contribution is 2.28. The van der Waals surface area contributed by atoms with Crippen LogP contribution in [0.4, 0.5) is 11.4 Å². The fourth-order valence-corrected chi connectivity index (χ4v) is 4.39. The van der Waals surface area contributed by atoms with E-state index in [0.717, 1.165) is 0 Å². The number of para-hydroxylation sites is 2. The smallest absolute Gasteiger partial charge is 0.262 e. The van der Waals surface area contributed by atoms with Gasteiger partial charge in [0.2, 0.25) is 5.91 Å². The van der Waals surface area contributed by atoms with Crippen molar-refractivity contribution >= 4 is 39.5 Å². The fraction of sp³-hybridized carbons (Fsp3) is 0.217. The summed E-state index contributed by atoms with van der Waals surface area (Å²) in [6.07, 6.45) is 3.32. The second-order valence-corrected chi connectivity index (χ2v) is 8.73. The SMILES string of the molecule is CCOc1ccccc1NS(=O)(=O)c1cc(C=Cc2onc(C)c2NC(C)=O)ccc1C. The summed E-state index contributed by atoms with van der Waals surface area (Å²) in [6, 6.07) is 12.0. The molecule has 2 aromatic carbocycles. The van der Waals surface area contributed by atoms with Gasteiger partial charge in [-0.2, -0.15) is 0 Å². The molecule has 3 rings (SSSR count). The molecule has 1 amide bonds. The van der Waals surface area contributed by atoms with Crippen LogP contribution in [0.2, 0.25) is 0 Å². The maximum Gasteiger partial charge on any atom is 0.262 e. The highest BCUT2D eigenvalue weighted by atomic mass is 32.2. The molecular formula is C23H25N3O5S. The predicted molar refractivity (Wildman–Crippen MR) is 124 cm³/mol. The van der Waals surface area contributed by atoms with Gasteiger partial charge in [-0.3, -0.25) is 9.52 Å². The molecule has 32 heavy (non-hydrogen) atoms. The van der Waals surface area contributed by atoms with Crippen molar-refractivity contribution in [1.29, 1.82) is 0 Å². The number of hydrogen-bond donors (Lipinski definition) is 2. The van der Waals surface area contributed by atoms with Gasteiger partial charge in [0.15, 0.2) is 5.76 Å². The van der Waals surface area contributed by atoms with E-state index in [1.54, 1.807) is 68.5 Å². The Labute approximate surface area is 187 Å². The number of nitrogens with zero attached hydrogens (tertiary/aromatic N) is 1. The van der Waals surface area contributed by atoms with E-state index in [0.29, 0.717) is 46.3 Å². The zero-order valence-corrected chi connectivity index (χ0v) is 19.1. The quantitative estimate of drug-likeness (QED) is 0.513. The molecule has 8 nitrogen and oxygen atoms in total. The molecule has 0 saturated heterocycles. The normalized spacial score (nSPS) is 11.5. The van der Waals surface area contributed by atoms with Gasteiger partial charge < -0.3 is 14.6 Å². The van der Waals surface area contributed by atoms with Crippen LogP contribution in [-0.4, -0.2) is 26.1 Å². The molecule has 0 aliphatic carbocycles. The Balaban J connectivity index is 1.91. The third-order valence-electron chi connectivity index (χ3n) is 4.55. The standard InChI is InChI=1S/C23H25N3O5S/c1-5-30-20-9-7-6-8-19(20)26-32(28,29)22-14-18(11-10-15(22)2)12-13-21-23(24-17(4)27)16(3)25-31-21/h6-14,26H,5H2,1-4H3,(H,24,27). The van der Waals surface area contributed by atoms with Gasteiger partial charge in [0.1, 0.15) is 17.1 Å². The summed E-state index contributed by atoms with van der Waals surface area (Å²) < 4.78 is 39.6. The first-order valence-electron chi connectivity index (χ1n) is 9.98. The van der Waals surface area contributed by atoms with Gasteiger partial charge in [0.05, 0.1) is 17.2 Å². The van der Waals surface area contributed by atoms with E-state index in [2.05, 4.69) is 15.2 Å². The monoisotopic (exact) mass is 455 g/mol. The Morgan fingerprint density at radius 1 is 1.16 bits per heavy atom. The molecule has 0 saturated carbocycles. The summed E-state index contributed by atoms with van der Waals surface area (Å²) in [6.45, 7) is 7.09. The van der Waals surface area contributed by atoms with Crippen molar-refractivity contribution in [2.24, 2.45) is 0 Å². The Morgan fingerprint density at radius 3 is 2.62 bits per heavy atom. The van der Waals surface area contributed by atoms with Crippen LogP contribution in [-0.2, 0) is 14.8 Å². The molecule has 0 spiro atoms. The summed E-state index contributed by atoms with van der Waals surface area (Å²) in [5.74, 6) is 0.581. The van der Waals surface area contributed by atoms with Crippen LogP contribution in [0.25, 0.3) is 12.2 Å². The number of rotatable bonds is 8. The van der Waals surface area contributed by atoms with Crippen molar-refractivity contribution in [3.8, 4) is 5.75 Å². The highest BCUT2D eigenvalue weighted by molar-refractivity contribution is 7.92. The van der Waals surface area contributed by atoms with Gasteiger partial charge in [-0.05, 0) is 56.2 Å². The first kappa shape index (κ1) is 23.1. The molecule has 0 fully saturated rings. The average Bonchev–Trinajstić information content (AvgIpc) is 3.07. The molecule has 2 N–H and O–H groups in total. The highest BCUT2D eigenvalue weighted by Gasteiger charge is 2.19. The minimum absolute atomic E-state index is 0.141. The molecular weight excluding hydrogens is 430 g/mol. The van der Waals surface area contributed by atoms with Crippen molar-refractivity contribution < 1.29 is 22.5 Å². The summed E-state index contributed by atoms with van der Waals surface area (Å²) >= 11 is 0. The number of anilines is 2. The van der Waals surface area contributed by atoms with Gasteiger partial charge in [0, 0.05) is 6.92 Å². The molecule has 0 aliphatic heterocycles. The number of hydrogen-bond acceptors (Lipinski definition) is 6. The molecule has 9 heteroatoms. The van der Waals surface area contributed by atoms with Crippen LogP contribution < -0.4 is 14.8 Å². The van der Waals surface area contributed by atoms with Crippen molar-refractivity contribution in [1.82, 2.24) is 5.16 Å². The first-order chi connectivity index (χ1) is 15.2. The number of aromatic nitrogens is 1. The van der Waals surface area contributed by atoms with Crippen molar-refractivity contribution in [3.05, 3.63) is 65.0 Å². The fourth-order valence-electron chi connectivity index (χ4n) is 3.04. The number of amides is 1. The maximum absolute atomic E-state index is 13.1. The molecule has 0 unspecified atom stereocenters. The molecule has 3 aromatic rings. The van der Waals surface area contributed by atoms with E-state index in [1.807, 2.05) is 6.92 Å². The van der Waals surface area contributed by atoms with Crippen LogP contribution in [0.15, 0.2) is 51.9 Å². The largest absolute Gasteiger partial charge is 0.492 e. The zero-order chi connectivity index (χ0) is 23.3. The summed E-state index contributed by atoms with van der Waals surface area (Å²) in [5, 5.41) is 6.55. The lowest BCUT2D eigenvalue weighted by Gasteiger charge is -2.14. The number of nitrogens with one attached hydrogen (secondary N) is 2. The molecule has 1 heterocycles. The number of aryl methyl sites for hydroxylation is 2. The topological polar surface area (TPSA) is 111 Å². The van der Waals surface area contributed by atoms with Gasteiger partial charge in [-0.15, -0.1) is 0 Å². The molecule has 0 aliphatic rings. The summed E-state index contributed by atoms with van der Waals surface area (Å²) in [4.78, 5) is 11.6. The van der Waals surface area contributed by atoms with Crippen LogP contribution in [0.5, 0.6) is 5.75 Å². The molecule has 0 atom stereocenters. The van der Waals surface area contributed by atoms with E-state index in [9.17, 15) is 13.2 Å². The second kappa shape index (κ2) is 9.69. The van der Waals surface area contributed by atoms with E-state index in [4.69, 9.17) is 9.26 Å². The van der Waals surface area contributed by atoms with Gasteiger partial charge in [-0.25, -0.2) is 8.42 Å². The third kappa shape index (κ3) is 5.36. The molecule has 0 radical (unpaired) electrons. The van der Waals surface area contributed by atoms with Crippen LogP contribution in [0.1, 0.15) is 36.4 Å². The number of benzene rings is 2. The Morgan fingerprint density at radius 2 is 1.91 bits per heavy atom. The lowest BCUT2D eigenvalue weighted by atomic mass is 10.1. The van der Waals surface area contributed by atoms with Crippen molar-refractivity contribution in [2.45, 2.75) is 32.6 Å². The number of ether oxygens (including phenoxy) is 1.